The molecule has 0 fully saturated rings. The number of benzene rings is 1. The average Bonchev–Trinajstić information content (AvgIpc) is 2.59. The van der Waals surface area contributed by atoms with Crippen molar-refractivity contribution in [3.05, 3.63) is 59.3 Å². The zero-order valence-corrected chi connectivity index (χ0v) is 15.0. The first-order chi connectivity index (χ1) is 11.6. The maximum absolute atomic E-state index is 4.68. The van der Waals surface area contributed by atoms with E-state index in [0.29, 0.717) is 6.54 Å². The van der Waals surface area contributed by atoms with Crippen LogP contribution in [0.25, 0.3) is 0 Å². The van der Waals surface area contributed by atoms with Gasteiger partial charge < -0.3 is 15.5 Å². The minimum atomic E-state index is 0.618. The van der Waals surface area contributed by atoms with Crippen LogP contribution >= 0.6 is 0 Å². The van der Waals surface area contributed by atoms with Crippen LogP contribution in [0.1, 0.15) is 23.6 Å². The molecule has 0 aliphatic heterocycles. The van der Waals surface area contributed by atoms with Crippen LogP contribution in [0.3, 0.4) is 0 Å². The highest BCUT2D eigenvalue weighted by molar-refractivity contribution is 5.79. The molecule has 0 radical (unpaired) electrons. The number of guanidine groups is 1. The predicted molar refractivity (Wildman–Crippen MR) is 101 cm³/mol. The summed E-state index contributed by atoms with van der Waals surface area (Å²) in [5, 5.41) is 6.69. The molecule has 1 heterocycles. The van der Waals surface area contributed by atoms with Gasteiger partial charge in [-0.25, -0.2) is 9.98 Å². The van der Waals surface area contributed by atoms with Gasteiger partial charge in [-0.3, -0.25) is 0 Å². The van der Waals surface area contributed by atoms with Crippen LogP contribution in [0.15, 0.2) is 47.6 Å². The summed E-state index contributed by atoms with van der Waals surface area (Å²) >= 11 is 0. The van der Waals surface area contributed by atoms with Crippen molar-refractivity contribution in [2.75, 3.05) is 25.5 Å². The standard InChI is InChI=1S/C19H27N5/c1-5-20-19(23-14-17-9-7-6-8-15(17)2)22-13-16-10-11-21-18(12-16)24(3)4/h6-12H,5,13-14H2,1-4H3,(H2,20,22,23). The van der Waals surface area contributed by atoms with Gasteiger partial charge in [0.2, 0.25) is 0 Å². The molecule has 2 N–H and O–H groups in total. The van der Waals surface area contributed by atoms with Crippen molar-refractivity contribution in [2.24, 2.45) is 4.99 Å². The third-order valence-corrected chi connectivity index (χ3v) is 3.74. The molecule has 5 nitrogen and oxygen atoms in total. The van der Waals surface area contributed by atoms with E-state index in [-0.39, 0.29) is 0 Å². The second kappa shape index (κ2) is 8.91. The number of hydrogen-bond donors (Lipinski definition) is 2. The number of nitrogens with one attached hydrogen (secondary N) is 2. The molecule has 1 aromatic carbocycles. The molecular formula is C19H27N5. The first kappa shape index (κ1) is 17.8. The number of aromatic nitrogens is 1. The second-order valence-corrected chi connectivity index (χ2v) is 5.89. The second-order valence-electron chi connectivity index (χ2n) is 5.89. The van der Waals surface area contributed by atoms with E-state index in [9.17, 15) is 0 Å². The molecular weight excluding hydrogens is 298 g/mol. The van der Waals surface area contributed by atoms with Crippen LogP contribution in [0.2, 0.25) is 0 Å². The molecule has 24 heavy (non-hydrogen) atoms. The van der Waals surface area contributed by atoms with Crippen LogP contribution < -0.4 is 15.5 Å². The molecule has 0 atom stereocenters. The Labute approximate surface area is 144 Å². The van der Waals surface area contributed by atoms with E-state index < -0.39 is 0 Å². The van der Waals surface area contributed by atoms with Gasteiger partial charge in [0.1, 0.15) is 5.82 Å². The van der Waals surface area contributed by atoms with Gasteiger partial charge >= 0.3 is 0 Å². The quantitative estimate of drug-likeness (QED) is 0.633. The SMILES string of the molecule is CCNC(=NCc1ccnc(N(C)C)c1)NCc1ccccc1C. The van der Waals surface area contributed by atoms with Crippen LogP contribution in [0.4, 0.5) is 5.82 Å². The largest absolute Gasteiger partial charge is 0.363 e. The Morgan fingerprint density at radius 2 is 1.96 bits per heavy atom. The molecule has 0 saturated carbocycles. The fourth-order valence-electron chi connectivity index (χ4n) is 2.30. The summed E-state index contributed by atoms with van der Waals surface area (Å²) < 4.78 is 0. The number of nitrogens with zero attached hydrogens (tertiary/aromatic N) is 3. The number of anilines is 1. The Bertz CT molecular complexity index is 679. The van der Waals surface area contributed by atoms with Crippen molar-refractivity contribution in [2.45, 2.75) is 26.9 Å². The lowest BCUT2D eigenvalue weighted by Gasteiger charge is -2.14. The van der Waals surface area contributed by atoms with Crippen molar-refractivity contribution in [3.63, 3.8) is 0 Å². The van der Waals surface area contributed by atoms with Crippen LogP contribution in [-0.4, -0.2) is 31.6 Å². The summed E-state index contributed by atoms with van der Waals surface area (Å²) in [6.45, 7) is 6.41. The van der Waals surface area contributed by atoms with E-state index in [1.165, 1.54) is 11.1 Å². The van der Waals surface area contributed by atoms with Crippen LogP contribution in [0.5, 0.6) is 0 Å². The lowest BCUT2D eigenvalue weighted by molar-refractivity contribution is 0.812. The molecule has 0 unspecified atom stereocenters. The van der Waals surface area contributed by atoms with E-state index in [1.807, 2.05) is 31.3 Å². The van der Waals surface area contributed by atoms with Crippen molar-refractivity contribution in [1.82, 2.24) is 15.6 Å². The summed E-state index contributed by atoms with van der Waals surface area (Å²) in [6, 6.07) is 12.5. The first-order valence-corrected chi connectivity index (χ1v) is 8.29. The summed E-state index contributed by atoms with van der Waals surface area (Å²) in [5.41, 5.74) is 3.70. The Balaban J connectivity index is 2.02. The van der Waals surface area contributed by atoms with Gasteiger partial charge in [-0.1, -0.05) is 24.3 Å². The third kappa shape index (κ3) is 5.26. The number of hydrogen-bond acceptors (Lipinski definition) is 3. The van der Waals surface area contributed by atoms with E-state index >= 15 is 0 Å². The molecule has 128 valence electrons. The van der Waals surface area contributed by atoms with Gasteiger partial charge in [0.15, 0.2) is 5.96 Å². The zero-order chi connectivity index (χ0) is 17.4. The van der Waals surface area contributed by atoms with E-state index in [4.69, 9.17) is 0 Å². The maximum Gasteiger partial charge on any atom is 0.191 e. The normalized spacial score (nSPS) is 11.2. The lowest BCUT2D eigenvalue weighted by Crippen LogP contribution is -2.36. The lowest BCUT2D eigenvalue weighted by atomic mass is 10.1. The third-order valence-electron chi connectivity index (χ3n) is 3.74. The van der Waals surface area contributed by atoms with Crippen molar-refractivity contribution < 1.29 is 0 Å². The molecule has 0 saturated heterocycles. The highest BCUT2D eigenvalue weighted by Gasteiger charge is 2.02. The van der Waals surface area contributed by atoms with Crippen molar-refractivity contribution in [3.8, 4) is 0 Å². The van der Waals surface area contributed by atoms with Crippen molar-refractivity contribution >= 4 is 11.8 Å². The molecule has 0 spiro atoms. The summed E-state index contributed by atoms with van der Waals surface area (Å²) in [5.74, 6) is 1.77. The number of aryl methyl sites for hydroxylation is 1. The summed E-state index contributed by atoms with van der Waals surface area (Å²) in [4.78, 5) is 11.0. The fourth-order valence-corrected chi connectivity index (χ4v) is 2.30. The maximum atomic E-state index is 4.68. The average molecular weight is 325 g/mol. The molecule has 2 rings (SSSR count). The Kier molecular flexibility index (Phi) is 6.61. The van der Waals surface area contributed by atoms with Gasteiger partial charge in [-0.2, -0.15) is 0 Å². The van der Waals surface area contributed by atoms with Gasteiger partial charge in [0.05, 0.1) is 6.54 Å². The minimum Gasteiger partial charge on any atom is -0.363 e. The van der Waals surface area contributed by atoms with Gasteiger partial charge in [0, 0.05) is 33.4 Å². The summed E-state index contributed by atoms with van der Waals surface area (Å²) in [7, 11) is 3.98. The van der Waals surface area contributed by atoms with Gasteiger partial charge in [-0.15, -0.1) is 0 Å². The molecule has 0 aliphatic carbocycles. The highest BCUT2D eigenvalue weighted by Crippen LogP contribution is 2.10. The molecule has 5 heteroatoms. The number of aliphatic imine (C=N–C) groups is 1. The smallest absolute Gasteiger partial charge is 0.191 e. The number of rotatable bonds is 6. The topological polar surface area (TPSA) is 52.6 Å². The van der Waals surface area contributed by atoms with Crippen molar-refractivity contribution in [1.29, 1.82) is 0 Å². The summed E-state index contributed by atoms with van der Waals surface area (Å²) in [6.07, 6.45) is 1.83. The van der Waals surface area contributed by atoms with Gasteiger partial charge in [-0.05, 0) is 42.7 Å². The van der Waals surface area contributed by atoms with Crippen LogP contribution in [0, 0.1) is 6.92 Å². The minimum absolute atomic E-state index is 0.618. The van der Waals surface area contributed by atoms with E-state index in [1.54, 1.807) is 0 Å². The molecule has 0 aliphatic rings. The molecule has 2 aromatic rings. The molecule has 1 aromatic heterocycles. The Morgan fingerprint density at radius 1 is 1.17 bits per heavy atom. The number of pyridine rings is 1. The van der Waals surface area contributed by atoms with E-state index in [2.05, 4.69) is 64.8 Å². The zero-order valence-electron chi connectivity index (χ0n) is 15.0. The van der Waals surface area contributed by atoms with E-state index in [0.717, 1.165) is 30.4 Å². The predicted octanol–water partition coefficient (Wildman–Crippen LogP) is 2.71. The molecule has 0 amide bonds. The Hall–Kier alpha value is -2.56. The Morgan fingerprint density at radius 3 is 2.67 bits per heavy atom. The monoisotopic (exact) mass is 325 g/mol. The van der Waals surface area contributed by atoms with Crippen LogP contribution in [-0.2, 0) is 13.1 Å². The highest BCUT2D eigenvalue weighted by atomic mass is 15.2. The fraction of sp³-hybridized carbons (Fsp3) is 0.368. The first-order valence-electron chi connectivity index (χ1n) is 8.29. The van der Waals surface area contributed by atoms with Gasteiger partial charge in [0.25, 0.3) is 0 Å². The molecule has 0 bridgehead atoms.